The van der Waals surface area contributed by atoms with Gasteiger partial charge in [0.1, 0.15) is 5.75 Å². The van der Waals surface area contributed by atoms with E-state index in [1.54, 1.807) is 12.4 Å². The number of hydrogen-bond acceptors (Lipinski definition) is 4. The summed E-state index contributed by atoms with van der Waals surface area (Å²) in [5.74, 6) is 0.811. The van der Waals surface area contributed by atoms with Crippen LogP contribution in [0, 0.1) is 0 Å². The lowest BCUT2D eigenvalue weighted by Gasteiger charge is -2.12. The molecule has 0 aliphatic heterocycles. The van der Waals surface area contributed by atoms with Crippen molar-refractivity contribution in [3.05, 3.63) is 54.4 Å². The van der Waals surface area contributed by atoms with Crippen LogP contribution in [0.15, 0.2) is 48.8 Å². The van der Waals surface area contributed by atoms with Crippen molar-refractivity contribution in [2.75, 3.05) is 18.5 Å². The molecule has 1 amide bonds. The van der Waals surface area contributed by atoms with Crippen molar-refractivity contribution in [1.82, 2.24) is 10.3 Å². The van der Waals surface area contributed by atoms with Crippen molar-refractivity contribution in [2.45, 2.75) is 19.9 Å². The summed E-state index contributed by atoms with van der Waals surface area (Å²) in [4.78, 5) is 15.8. The first-order valence-corrected chi connectivity index (χ1v) is 7.41. The maximum Gasteiger partial charge on any atom is 0.222 e. The third-order valence-electron chi connectivity index (χ3n) is 3.07. The Morgan fingerprint density at radius 2 is 2.09 bits per heavy atom. The first-order valence-electron chi connectivity index (χ1n) is 7.41. The van der Waals surface area contributed by atoms with Gasteiger partial charge < -0.3 is 15.4 Å². The molecule has 2 N–H and O–H groups in total. The van der Waals surface area contributed by atoms with Gasteiger partial charge in [0.25, 0.3) is 0 Å². The van der Waals surface area contributed by atoms with Crippen molar-refractivity contribution in [3.8, 4) is 5.75 Å². The molecular formula is C17H21N3O2. The molecule has 5 nitrogen and oxygen atoms in total. The van der Waals surface area contributed by atoms with Crippen LogP contribution in [-0.2, 0) is 11.3 Å². The molecule has 22 heavy (non-hydrogen) atoms. The number of carbonyl (C=O) groups excluding carboxylic acids is 1. The predicted octanol–water partition coefficient (Wildman–Crippen LogP) is 2.60. The Morgan fingerprint density at radius 3 is 2.86 bits per heavy atom. The van der Waals surface area contributed by atoms with E-state index in [1.807, 2.05) is 43.3 Å². The summed E-state index contributed by atoms with van der Waals surface area (Å²) in [7, 11) is 0. The van der Waals surface area contributed by atoms with Gasteiger partial charge in [-0.3, -0.25) is 9.78 Å². The summed E-state index contributed by atoms with van der Waals surface area (Å²) in [6.07, 6.45) is 3.86. The maximum absolute atomic E-state index is 11.8. The lowest BCUT2D eigenvalue weighted by molar-refractivity contribution is -0.121. The zero-order valence-corrected chi connectivity index (χ0v) is 12.7. The number of ether oxygens (including phenoxy) is 1. The largest absolute Gasteiger partial charge is 0.492 e. The molecule has 116 valence electrons. The van der Waals surface area contributed by atoms with E-state index in [0.29, 0.717) is 26.1 Å². The van der Waals surface area contributed by atoms with E-state index in [1.165, 1.54) is 0 Å². The van der Waals surface area contributed by atoms with E-state index < -0.39 is 0 Å². The molecule has 0 spiro atoms. The van der Waals surface area contributed by atoms with Crippen molar-refractivity contribution >= 4 is 11.6 Å². The maximum atomic E-state index is 11.8. The molecule has 0 atom stereocenters. The molecule has 2 rings (SSSR count). The standard InChI is InChI=1S/C17H21N3O2/c1-2-22-16-8-4-3-7-15(16)19-11-9-17(21)20-13-14-6-5-10-18-12-14/h3-8,10,12,19H,2,9,11,13H2,1H3,(H,20,21). The lowest BCUT2D eigenvalue weighted by Crippen LogP contribution is -2.25. The number of rotatable bonds is 8. The number of pyridine rings is 1. The molecule has 0 saturated heterocycles. The van der Waals surface area contributed by atoms with E-state index >= 15 is 0 Å². The van der Waals surface area contributed by atoms with Gasteiger partial charge in [-0.15, -0.1) is 0 Å². The number of aromatic nitrogens is 1. The zero-order valence-electron chi connectivity index (χ0n) is 12.7. The minimum absolute atomic E-state index is 0.00486. The molecule has 0 bridgehead atoms. The fourth-order valence-corrected chi connectivity index (χ4v) is 2.00. The van der Waals surface area contributed by atoms with Crippen LogP contribution in [0.5, 0.6) is 5.75 Å². The number of hydrogen-bond donors (Lipinski definition) is 2. The van der Waals surface area contributed by atoms with E-state index in [0.717, 1.165) is 17.0 Å². The van der Waals surface area contributed by atoms with Gasteiger partial charge in [-0.25, -0.2) is 0 Å². The van der Waals surface area contributed by atoms with Gasteiger partial charge in [0.05, 0.1) is 12.3 Å². The summed E-state index contributed by atoms with van der Waals surface area (Å²) >= 11 is 0. The van der Waals surface area contributed by atoms with E-state index in [4.69, 9.17) is 4.74 Å². The Kier molecular flexibility index (Phi) is 6.23. The molecule has 1 aromatic heterocycles. The number of benzene rings is 1. The van der Waals surface area contributed by atoms with Crippen LogP contribution < -0.4 is 15.4 Å². The molecule has 5 heteroatoms. The summed E-state index contributed by atoms with van der Waals surface area (Å²) < 4.78 is 5.53. The molecule has 0 aliphatic carbocycles. The highest BCUT2D eigenvalue weighted by Gasteiger charge is 2.04. The van der Waals surface area contributed by atoms with Crippen LogP contribution in [0.2, 0.25) is 0 Å². The Morgan fingerprint density at radius 1 is 1.23 bits per heavy atom. The Balaban J connectivity index is 1.73. The highest BCUT2D eigenvalue weighted by Crippen LogP contribution is 2.23. The fraction of sp³-hybridized carbons (Fsp3) is 0.294. The zero-order chi connectivity index (χ0) is 15.6. The quantitative estimate of drug-likeness (QED) is 0.786. The lowest BCUT2D eigenvalue weighted by atomic mass is 10.2. The third-order valence-corrected chi connectivity index (χ3v) is 3.07. The summed E-state index contributed by atoms with van der Waals surface area (Å²) in [6.45, 7) is 3.62. The monoisotopic (exact) mass is 299 g/mol. The molecule has 0 aliphatic rings. The van der Waals surface area contributed by atoms with Crippen LogP contribution in [0.25, 0.3) is 0 Å². The molecular weight excluding hydrogens is 278 g/mol. The molecule has 0 unspecified atom stereocenters. The third kappa shape index (κ3) is 5.09. The van der Waals surface area contributed by atoms with E-state index in [2.05, 4.69) is 15.6 Å². The van der Waals surface area contributed by atoms with Gasteiger partial charge in [0.2, 0.25) is 5.91 Å². The van der Waals surface area contributed by atoms with Crippen LogP contribution in [0.1, 0.15) is 18.9 Å². The number of anilines is 1. The average molecular weight is 299 g/mol. The van der Waals surface area contributed by atoms with E-state index in [9.17, 15) is 4.79 Å². The second-order valence-corrected chi connectivity index (χ2v) is 4.74. The first kappa shape index (κ1) is 15.8. The van der Waals surface area contributed by atoms with Crippen molar-refractivity contribution in [2.24, 2.45) is 0 Å². The van der Waals surface area contributed by atoms with Gasteiger partial charge in [-0.1, -0.05) is 18.2 Å². The van der Waals surface area contributed by atoms with Crippen LogP contribution in [0.3, 0.4) is 0 Å². The smallest absolute Gasteiger partial charge is 0.222 e. The van der Waals surface area contributed by atoms with Crippen molar-refractivity contribution in [3.63, 3.8) is 0 Å². The van der Waals surface area contributed by atoms with Crippen LogP contribution in [-0.4, -0.2) is 24.0 Å². The summed E-state index contributed by atoms with van der Waals surface area (Å²) in [5.41, 5.74) is 1.90. The minimum Gasteiger partial charge on any atom is -0.492 e. The number of carbonyl (C=O) groups is 1. The van der Waals surface area contributed by atoms with Crippen molar-refractivity contribution in [1.29, 1.82) is 0 Å². The number of nitrogens with one attached hydrogen (secondary N) is 2. The van der Waals surface area contributed by atoms with Crippen molar-refractivity contribution < 1.29 is 9.53 Å². The molecule has 0 radical (unpaired) electrons. The van der Waals surface area contributed by atoms with Gasteiger partial charge in [-0.2, -0.15) is 0 Å². The predicted molar refractivity (Wildman–Crippen MR) is 86.8 cm³/mol. The van der Waals surface area contributed by atoms with Gasteiger partial charge in [-0.05, 0) is 30.7 Å². The molecule has 0 fully saturated rings. The Hall–Kier alpha value is -2.56. The van der Waals surface area contributed by atoms with Crippen LogP contribution in [0.4, 0.5) is 5.69 Å². The highest BCUT2D eigenvalue weighted by molar-refractivity contribution is 5.76. The van der Waals surface area contributed by atoms with E-state index in [-0.39, 0.29) is 5.91 Å². The first-order chi connectivity index (χ1) is 10.8. The van der Waals surface area contributed by atoms with Gasteiger partial charge in [0, 0.05) is 31.9 Å². The topological polar surface area (TPSA) is 63.2 Å². The van der Waals surface area contributed by atoms with Gasteiger partial charge >= 0.3 is 0 Å². The summed E-state index contributed by atoms with van der Waals surface area (Å²) in [6, 6.07) is 11.5. The molecule has 1 aromatic carbocycles. The molecule has 1 heterocycles. The van der Waals surface area contributed by atoms with Gasteiger partial charge in [0.15, 0.2) is 0 Å². The van der Waals surface area contributed by atoms with Crippen LogP contribution >= 0.6 is 0 Å². The normalized spacial score (nSPS) is 10.0. The summed E-state index contributed by atoms with van der Waals surface area (Å²) in [5, 5.41) is 6.10. The Bertz CT molecular complexity index is 587. The second kappa shape index (κ2) is 8.67. The number of para-hydroxylation sites is 2. The SMILES string of the molecule is CCOc1ccccc1NCCC(=O)NCc1cccnc1. The Labute approximate surface area is 130 Å². The minimum atomic E-state index is 0.00486. The number of amides is 1. The fourth-order valence-electron chi connectivity index (χ4n) is 2.00. The number of nitrogens with zero attached hydrogens (tertiary/aromatic N) is 1. The second-order valence-electron chi connectivity index (χ2n) is 4.74. The molecule has 2 aromatic rings. The highest BCUT2D eigenvalue weighted by atomic mass is 16.5. The average Bonchev–Trinajstić information content (AvgIpc) is 2.56. The molecule has 0 saturated carbocycles.